The second-order valence-electron chi connectivity index (χ2n) is 7.14. The summed E-state index contributed by atoms with van der Waals surface area (Å²) < 4.78 is 5.58. The van der Waals surface area contributed by atoms with E-state index in [1.807, 2.05) is 4.90 Å². The molecule has 7 heteroatoms. The fourth-order valence-corrected chi connectivity index (χ4v) is 4.27. The summed E-state index contributed by atoms with van der Waals surface area (Å²) in [6.45, 7) is 4.93. The van der Waals surface area contributed by atoms with E-state index in [0.717, 1.165) is 39.0 Å². The van der Waals surface area contributed by atoms with Crippen molar-refractivity contribution < 1.29 is 9.21 Å². The molecule has 0 saturated carbocycles. The van der Waals surface area contributed by atoms with Crippen molar-refractivity contribution in [3.05, 3.63) is 11.6 Å². The van der Waals surface area contributed by atoms with Gasteiger partial charge in [-0.1, -0.05) is 0 Å². The van der Waals surface area contributed by atoms with Crippen molar-refractivity contribution in [3.8, 4) is 6.07 Å². The average Bonchev–Trinajstić information content (AvgIpc) is 3.15. The number of nitrogens with one attached hydrogen (secondary N) is 1. The summed E-state index contributed by atoms with van der Waals surface area (Å²) in [5.41, 5.74) is 0.343. The van der Waals surface area contributed by atoms with Crippen molar-refractivity contribution in [2.75, 3.05) is 31.1 Å². The topological polar surface area (TPSA) is 85.4 Å². The Bertz CT molecular complexity index is 659. The van der Waals surface area contributed by atoms with Crippen LogP contribution in [0.15, 0.2) is 4.42 Å². The van der Waals surface area contributed by atoms with E-state index in [4.69, 9.17) is 9.68 Å². The zero-order chi connectivity index (χ0) is 16.7. The van der Waals surface area contributed by atoms with Crippen LogP contribution in [0.2, 0.25) is 0 Å². The number of rotatable bonds is 2. The lowest BCUT2D eigenvalue weighted by atomic mass is 9.94. The Morgan fingerprint density at radius 3 is 2.54 bits per heavy atom. The zero-order valence-corrected chi connectivity index (χ0v) is 14.0. The summed E-state index contributed by atoms with van der Waals surface area (Å²) in [5.74, 6) is 1.47. The fourth-order valence-electron chi connectivity index (χ4n) is 4.27. The third-order valence-electron chi connectivity index (χ3n) is 5.48. The Morgan fingerprint density at radius 2 is 1.92 bits per heavy atom. The quantitative estimate of drug-likeness (QED) is 0.872. The molecule has 0 aromatic carbocycles. The number of carbonyl (C=O) groups excluding carboxylic acids is 1. The normalized spacial score (nSPS) is 27.3. The Hall–Kier alpha value is -2.07. The molecule has 3 aliphatic heterocycles. The van der Waals surface area contributed by atoms with E-state index in [-0.39, 0.29) is 5.92 Å². The smallest absolute Gasteiger partial charge is 0.234 e. The number of aromatic nitrogens is 1. The first-order valence-electron chi connectivity index (χ1n) is 8.81. The van der Waals surface area contributed by atoms with E-state index in [1.165, 1.54) is 12.8 Å². The van der Waals surface area contributed by atoms with Gasteiger partial charge in [0.25, 0.3) is 0 Å². The lowest BCUT2D eigenvalue weighted by molar-refractivity contribution is -0.137. The van der Waals surface area contributed by atoms with Crippen molar-refractivity contribution in [1.82, 2.24) is 15.2 Å². The molecule has 4 rings (SSSR count). The first-order valence-corrected chi connectivity index (χ1v) is 8.81. The number of likely N-dealkylation sites (tertiary alicyclic amines) is 1. The number of oxazole rings is 1. The van der Waals surface area contributed by atoms with Gasteiger partial charge in [-0.25, -0.2) is 4.98 Å². The molecule has 0 spiro atoms. The van der Waals surface area contributed by atoms with Crippen LogP contribution in [0.25, 0.3) is 0 Å². The van der Waals surface area contributed by atoms with E-state index in [2.05, 4.69) is 21.3 Å². The zero-order valence-electron chi connectivity index (χ0n) is 14.0. The van der Waals surface area contributed by atoms with Gasteiger partial charge in [-0.2, -0.15) is 5.26 Å². The first kappa shape index (κ1) is 15.5. The van der Waals surface area contributed by atoms with Crippen molar-refractivity contribution in [2.45, 2.75) is 44.7 Å². The standard InChI is InChI=1S/C17H23N5O2/c1-11-19-15(8-18)17(24-11)21-6-4-12(5-7-21)16(23)22-9-13-2-3-14(10-22)20-13/h12-14,20H,2-7,9-10H2,1H3. The summed E-state index contributed by atoms with van der Waals surface area (Å²) in [7, 11) is 0. The predicted octanol–water partition coefficient (Wildman–Crippen LogP) is 1.03. The van der Waals surface area contributed by atoms with E-state index < -0.39 is 0 Å². The van der Waals surface area contributed by atoms with Crippen molar-refractivity contribution in [3.63, 3.8) is 0 Å². The summed E-state index contributed by atoms with van der Waals surface area (Å²) >= 11 is 0. The number of anilines is 1. The van der Waals surface area contributed by atoms with Crippen LogP contribution in [0.1, 0.15) is 37.3 Å². The van der Waals surface area contributed by atoms with Gasteiger partial charge in [0.1, 0.15) is 6.07 Å². The van der Waals surface area contributed by atoms with E-state index in [0.29, 0.717) is 35.5 Å². The van der Waals surface area contributed by atoms with Crippen LogP contribution in [0.5, 0.6) is 0 Å². The first-order chi connectivity index (χ1) is 11.6. The van der Waals surface area contributed by atoms with Gasteiger partial charge in [0.15, 0.2) is 5.89 Å². The van der Waals surface area contributed by atoms with Gasteiger partial charge in [-0.3, -0.25) is 4.79 Å². The maximum absolute atomic E-state index is 12.8. The van der Waals surface area contributed by atoms with Gasteiger partial charge in [0, 0.05) is 51.1 Å². The Kier molecular flexibility index (Phi) is 3.93. The number of piperidine rings is 1. The summed E-state index contributed by atoms with van der Waals surface area (Å²) in [5, 5.41) is 12.7. The van der Waals surface area contributed by atoms with E-state index in [1.54, 1.807) is 6.92 Å². The molecule has 2 bridgehead atoms. The molecule has 1 amide bonds. The minimum Gasteiger partial charge on any atom is -0.424 e. The lowest BCUT2D eigenvalue weighted by Gasteiger charge is -2.37. The molecule has 3 fully saturated rings. The number of hydrogen-bond acceptors (Lipinski definition) is 6. The van der Waals surface area contributed by atoms with Crippen LogP contribution in [0.4, 0.5) is 5.88 Å². The molecule has 2 atom stereocenters. The molecule has 0 radical (unpaired) electrons. The van der Waals surface area contributed by atoms with Crippen LogP contribution in [0, 0.1) is 24.2 Å². The molecule has 1 N–H and O–H groups in total. The molecule has 1 aromatic rings. The molecule has 3 saturated heterocycles. The van der Waals surface area contributed by atoms with E-state index in [9.17, 15) is 4.79 Å². The highest BCUT2D eigenvalue weighted by Crippen LogP contribution is 2.29. The number of aryl methyl sites for hydroxylation is 1. The monoisotopic (exact) mass is 329 g/mol. The highest BCUT2D eigenvalue weighted by atomic mass is 16.4. The van der Waals surface area contributed by atoms with Crippen LogP contribution in [-0.2, 0) is 4.79 Å². The van der Waals surface area contributed by atoms with Gasteiger partial charge in [-0.05, 0) is 25.7 Å². The molecule has 3 aliphatic rings. The van der Waals surface area contributed by atoms with Gasteiger partial charge < -0.3 is 19.5 Å². The van der Waals surface area contributed by atoms with Gasteiger partial charge in [0.2, 0.25) is 17.5 Å². The molecule has 7 nitrogen and oxygen atoms in total. The maximum Gasteiger partial charge on any atom is 0.234 e. The minimum absolute atomic E-state index is 0.0910. The number of amides is 1. The van der Waals surface area contributed by atoms with E-state index >= 15 is 0 Å². The summed E-state index contributed by atoms with van der Waals surface area (Å²) in [4.78, 5) is 21.1. The van der Waals surface area contributed by atoms with Gasteiger partial charge >= 0.3 is 0 Å². The highest BCUT2D eigenvalue weighted by Gasteiger charge is 2.37. The van der Waals surface area contributed by atoms with Crippen molar-refractivity contribution in [1.29, 1.82) is 5.26 Å². The largest absolute Gasteiger partial charge is 0.424 e. The average molecular weight is 329 g/mol. The van der Waals surface area contributed by atoms with Gasteiger partial charge in [-0.15, -0.1) is 0 Å². The number of piperazine rings is 1. The maximum atomic E-state index is 12.8. The molecule has 24 heavy (non-hydrogen) atoms. The van der Waals surface area contributed by atoms with Crippen molar-refractivity contribution >= 4 is 11.8 Å². The second kappa shape index (κ2) is 6.10. The van der Waals surface area contributed by atoms with Crippen LogP contribution >= 0.6 is 0 Å². The number of hydrogen-bond donors (Lipinski definition) is 1. The number of nitrogens with zero attached hydrogens (tertiary/aromatic N) is 4. The van der Waals surface area contributed by atoms with Gasteiger partial charge in [0.05, 0.1) is 0 Å². The third-order valence-corrected chi connectivity index (χ3v) is 5.48. The second-order valence-corrected chi connectivity index (χ2v) is 7.14. The predicted molar refractivity (Wildman–Crippen MR) is 87.4 cm³/mol. The lowest BCUT2D eigenvalue weighted by Crippen LogP contribution is -2.55. The molecule has 0 aliphatic carbocycles. The number of fused-ring (bicyclic) bond motifs is 2. The van der Waals surface area contributed by atoms with Crippen LogP contribution in [0.3, 0.4) is 0 Å². The molecular formula is C17H23N5O2. The minimum atomic E-state index is 0.0910. The number of carbonyl (C=O) groups is 1. The molecule has 1 aromatic heterocycles. The van der Waals surface area contributed by atoms with Crippen molar-refractivity contribution in [2.24, 2.45) is 5.92 Å². The molecule has 128 valence electrons. The number of nitriles is 1. The fraction of sp³-hybridized carbons (Fsp3) is 0.706. The van der Waals surface area contributed by atoms with Crippen LogP contribution < -0.4 is 10.2 Å². The SMILES string of the molecule is Cc1nc(C#N)c(N2CCC(C(=O)N3CC4CCC(C3)N4)CC2)o1. The van der Waals surface area contributed by atoms with Crippen LogP contribution in [-0.4, -0.2) is 54.1 Å². The Labute approximate surface area is 141 Å². The Morgan fingerprint density at radius 1 is 1.25 bits per heavy atom. The third kappa shape index (κ3) is 2.75. The molecular weight excluding hydrogens is 306 g/mol. The Balaban J connectivity index is 1.37. The molecule has 4 heterocycles. The molecule has 2 unspecified atom stereocenters. The summed E-state index contributed by atoms with van der Waals surface area (Å²) in [6, 6.07) is 3.07. The highest BCUT2D eigenvalue weighted by molar-refractivity contribution is 5.79. The summed E-state index contributed by atoms with van der Waals surface area (Å²) in [6.07, 6.45) is 3.99.